The smallest absolute Gasteiger partial charge is 0.255 e. The lowest BCUT2D eigenvalue weighted by Crippen LogP contribution is -2.50. The second-order valence-corrected chi connectivity index (χ2v) is 7.12. The Morgan fingerprint density at radius 3 is 2.04 bits per heavy atom. The van der Waals surface area contributed by atoms with Crippen LogP contribution in [0.4, 0.5) is 0 Å². The maximum absolute atomic E-state index is 12.8. The summed E-state index contributed by atoms with van der Waals surface area (Å²) in [5.74, 6) is 0.755. The predicted octanol–water partition coefficient (Wildman–Crippen LogP) is 3.61. The summed E-state index contributed by atoms with van der Waals surface area (Å²) in [6.07, 6.45) is 0. The van der Waals surface area contributed by atoms with Crippen molar-refractivity contribution in [1.82, 2.24) is 9.80 Å². The van der Waals surface area contributed by atoms with Crippen LogP contribution in [0.2, 0.25) is 10.0 Å². The van der Waals surface area contributed by atoms with E-state index in [1.54, 1.807) is 53.3 Å². The number of amides is 2. The molecule has 0 N–H and O–H groups in total. The minimum Gasteiger partial charge on any atom is -0.493 e. The number of methoxy groups -OCH3 is 2. The lowest BCUT2D eigenvalue weighted by molar-refractivity contribution is 0.0535. The Bertz CT molecular complexity index is 896. The van der Waals surface area contributed by atoms with E-state index in [-0.39, 0.29) is 11.8 Å². The fraction of sp³-hybridized carbons (Fsp3) is 0.300. The second kappa shape index (κ2) is 8.71. The highest BCUT2D eigenvalue weighted by Gasteiger charge is 2.27. The van der Waals surface area contributed by atoms with Crippen LogP contribution in [-0.2, 0) is 0 Å². The van der Waals surface area contributed by atoms with Crippen LogP contribution < -0.4 is 9.47 Å². The second-order valence-electron chi connectivity index (χ2n) is 6.28. The monoisotopic (exact) mass is 422 g/mol. The molecule has 1 heterocycles. The average molecular weight is 423 g/mol. The maximum Gasteiger partial charge on any atom is 0.255 e. The molecule has 1 saturated heterocycles. The van der Waals surface area contributed by atoms with Crippen molar-refractivity contribution in [3.05, 3.63) is 57.6 Å². The number of halogens is 2. The molecule has 6 nitrogen and oxygen atoms in total. The predicted molar refractivity (Wildman–Crippen MR) is 108 cm³/mol. The molecule has 0 atom stereocenters. The van der Waals surface area contributed by atoms with Gasteiger partial charge < -0.3 is 19.3 Å². The first-order valence-corrected chi connectivity index (χ1v) is 9.46. The van der Waals surface area contributed by atoms with Crippen molar-refractivity contribution in [2.75, 3.05) is 40.4 Å². The van der Waals surface area contributed by atoms with E-state index in [0.717, 1.165) is 0 Å². The molecule has 3 rings (SSSR count). The zero-order chi connectivity index (χ0) is 20.3. The molecule has 2 amide bonds. The summed E-state index contributed by atoms with van der Waals surface area (Å²) in [6, 6.07) is 9.87. The Hall–Kier alpha value is -2.44. The van der Waals surface area contributed by atoms with Crippen LogP contribution in [-0.4, -0.2) is 62.0 Å². The van der Waals surface area contributed by atoms with Gasteiger partial charge in [0.25, 0.3) is 11.8 Å². The molecule has 1 fully saturated rings. The van der Waals surface area contributed by atoms with Crippen LogP contribution in [0, 0.1) is 0 Å². The van der Waals surface area contributed by atoms with Gasteiger partial charge in [-0.15, -0.1) is 0 Å². The van der Waals surface area contributed by atoms with Crippen molar-refractivity contribution in [1.29, 1.82) is 0 Å². The molecule has 8 heteroatoms. The third kappa shape index (κ3) is 4.18. The lowest BCUT2D eigenvalue weighted by Gasteiger charge is -2.35. The fourth-order valence-electron chi connectivity index (χ4n) is 3.10. The third-order valence-electron chi connectivity index (χ3n) is 4.64. The van der Waals surface area contributed by atoms with Gasteiger partial charge in [0, 0.05) is 36.8 Å². The highest BCUT2D eigenvalue weighted by Crippen LogP contribution is 2.28. The topological polar surface area (TPSA) is 59.1 Å². The Morgan fingerprint density at radius 2 is 1.43 bits per heavy atom. The number of carbonyl (C=O) groups is 2. The molecule has 0 bridgehead atoms. The van der Waals surface area contributed by atoms with Gasteiger partial charge in [-0.05, 0) is 36.4 Å². The molecule has 28 heavy (non-hydrogen) atoms. The summed E-state index contributed by atoms with van der Waals surface area (Å²) in [4.78, 5) is 28.9. The number of piperazine rings is 1. The number of rotatable bonds is 4. The minimum atomic E-state index is -0.189. The number of ether oxygens (including phenoxy) is 2. The standard InChI is InChI=1S/C20H20Cl2N2O4/c1-27-17-6-3-13(11-18(17)28-2)19(25)23-7-9-24(10-8-23)20(26)15-12-14(21)4-5-16(15)22/h3-6,11-12H,7-10H2,1-2H3. The molecule has 1 aliphatic rings. The summed E-state index contributed by atoms with van der Waals surface area (Å²) in [7, 11) is 3.07. The Labute approximate surface area is 173 Å². The van der Waals surface area contributed by atoms with Crippen molar-refractivity contribution >= 4 is 35.0 Å². The van der Waals surface area contributed by atoms with E-state index < -0.39 is 0 Å². The van der Waals surface area contributed by atoms with Gasteiger partial charge in [-0.25, -0.2) is 0 Å². The highest BCUT2D eigenvalue weighted by molar-refractivity contribution is 6.35. The summed E-state index contributed by atoms with van der Waals surface area (Å²) >= 11 is 12.1. The van der Waals surface area contributed by atoms with Crippen molar-refractivity contribution < 1.29 is 19.1 Å². The number of hydrogen-bond donors (Lipinski definition) is 0. The van der Waals surface area contributed by atoms with E-state index in [1.807, 2.05) is 0 Å². The zero-order valence-electron chi connectivity index (χ0n) is 15.6. The molecule has 0 spiro atoms. The lowest BCUT2D eigenvalue weighted by atomic mass is 10.1. The first kappa shape index (κ1) is 20.3. The molecule has 0 unspecified atom stereocenters. The van der Waals surface area contributed by atoms with E-state index in [1.165, 1.54) is 7.11 Å². The Morgan fingerprint density at radius 1 is 0.821 bits per heavy atom. The molecule has 2 aromatic carbocycles. The Balaban J connectivity index is 1.67. The van der Waals surface area contributed by atoms with E-state index in [4.69, 9.17) is 32.7 Å². The SMILES string of the molecule is COc1ccc(C(=O)N2CCN(C(=O)c3cc(Cl)ccc3Cl)CC2)cc1OC. The number of hydrogen-bond acceptors (Lipinski definition) is 4. The Kier molecular flexibility index (Phi) is 6.31. The summed E-state index contributed by atoms with van der Waals surface area (Å²) < 4.78 is 10.5. The molecule has 0 radical (unpaired) electrons. The molecule has 2 aromatic rings. The molecule has 0 aliphatic carbocycles. The van der Waals surface area contributed by atoms with Crippen LogP contribution in [0.5, 0.6) is 11.5 Å². The first-order chi connectivity index (χ1) is 13.4. The van der Waals surface area contributed by atoms with E-state index in [9.17, 15) is 9.59 Å². The van der Waals surface area contributed by atoms with E-state index >= 15 is 0 Å². The number of nitrogens with zero attached hydrogens (tertiary/aromatic N) is 2. The highest BCUT2D eigenvalue weighted by atomic mass is 35.5. The quantitative estimate of drug-likeness (QED) is 0.754. The van der Waals surface area contributed by atoms with Crippen molar-refractivity contribution in [3.63, 3.8) is 0 Å². The van der Waals surface area contributed by atoms with Gasteiger partial charge in [0.15, 0.2) is 11.5 Å². The molecular formula is C20H20Cl2N2O4. The van der Waals surface area contributed by atoms with Crippen LogP contribution in [0.15, 0.2) is 36.4 Å². The largest absolute Gasteiger partial charge is 0.493 e. The van der Waals surface area contributed by atoms with Crippen LogP contribution in [0.1, 0.15) is 20.7 Å². The van der Waals surface area contributed by atoms with Crippen LogP contribution >= 0.6 is 23.2 Å². The van der Waals surface area contributed by atoms with Gasteiger partial charge in [-0.3, -0.25) is 9.59 Å². The first-order valence-electron chi connectivity index (χ1n) is 8.70. The summed E-state index contributed by atoms with van der Waals surface area (Å²) in [6.45, 7) is 1.69. The molecule has 148 valence electrons. The van der Waals surface area contributed by atoms with Crippen molar-refractivity contribution in [2.24, 2.45) is 0 Å². The third-order valence-corrected chi connectivity index (χ3v) is 5.21. The van der Waals surface area contributed by atoms with Crippen molar-refractivity contribution in [3.8, 4) is 11.5 Å². The normalized spacial score (nSPS) is 14.0. The number of carbonyl (C=O) groups excluding carboxylic acids is 2. The molecule has 1 aliphatic heterocycles. The zero-order valence-corrected chi connectivity index (χ0v) is 17.1. The van der Waals surface area contributed by atoms with Gasteiger partial charge in [0.1, 0.15) is 0 Å². The van der Waals surface area contributed by atoms with Crippen LogP contribution in [0.3, 0.4) is 0 Å². The molecule has 0 saturated carbocycles. The van der Waals surface area contributed by atoms with Crippen LogP contribution in [0.25, 0.3) is 0 Å². The summed E-state index contributed by atoms with van der Waals surface area (Å²) in [5, 5.41) is 0.813. The van der Waals surface area contributed by atoms with E-state index in [2.05, 4.69) is 0 Å². The van der Waals surface area contributed by atoms with Crippen molar-refractivity contribution in [2.45, 2.75) is 0 Å². The number of benzene rings is 2. The van der Waals surface area contributed by atoms with Gasteiger partial charge in [0.2, 0.25) is 0 Å². The summed E-state index contributed by atoms with van der Waals surface area (Å²) in [5.41, 5.74) is 0.879. The fourth-order valence-corrected chi connectivity index (χ4v) is 3.47. The maximum atomic E-state index is 12.8. The van der Waals surface area contributed by atoms with E-state index in [0.29, 0.717) is 58.9 Å². The minimum absolute atomic E-state index is 0.117. The van der Waals surface area contributed by atoms with Gasteiger partial charge in [0.05, 0.1) is 24.8 Å². The molecule has 0 aromatic heterocycles. The van der Waals surface area contributed by atoms with Gasteiger partial charge >= 0.3 is 0 Å². The van der Waals surface area contributed by atoms with Gasteiger partial charge in [-0.1, -0.05) is 23.2 Å². The van der Waals surface area contributed by atoms with Gasteiger partial charge in [-0.2, -0.15) is 0 Å². The average Bonchev–Trinajstić information content (AvgIpc) is 2.74. The molecular weight excluding hydrogens is 403 g/mol.